The molecule has 2 aliphatic carbocycles. The van der Waals surface area contributed by atoms with E-state index in [0.29, 0.717) is 11.8 Å². The van der Waals surface area contributed by atoms with E-state index in [-0.39, 0.29) is 25.5 Å². The Hall–Kier alpha value is -4.17. The van der Waals surface area contributed by atoms with Gasteiger partial charge >= 0.3 is 0 Å². The first-order valence-corrected chi connectivity index (χ1v) is 15.4. The van der Waals surface area contributed by atoms with Crippen LogP contribution in [0.5, 0.6) is 0 Å². The molecule has 0 fully saturated rings. The van der Waals surface area contributed by atoms with E-state index in [4.69, 9.17) is 0 Å². The molecule has 2 nitrogen and oxygen atoms in total. The van der Waals surface area contributed by atoms with Gasteiger partial charge in [0.1, 0.15) is 0 Å². The molecule has 2 aliphatic rings. The number of aromatic nitrogens is 2. The Labute approximate surface area is 282 Å². The van der Waals surface area contributed by atoms with Crippen molar-refractivity contribution in [3.8, 4) is 33.6 Å². The summed E-state index contributed by atoms with van der Waals surface area (Å²) < 4.78 is 0. The van der Waals surface area contributed by atoms with Crippen LogP contribution in [0.3, 0.4) is 0 Å². The number of benzene rings is 3. The van der Waals surface area contributed by atoms with Crippen LogP contribution < -0.4 is 0 Å². The Morgan fingerprint density at radius 3 is 2.18 bits per heavy atom. The molecule has 3 aromatic carbocycles. The van der Waals surface area contributed by atoms with Crippen LogP contribution in [0.25, 0.3) is 39.7 Å². The van der Waals surface area contributed by atoms with Gasteiger partial charge in [0.2, 0.25) is 0 Å². The standard InChI is InChI=1S/C23H25N.C19H14N.Ir/c1-16-11-17(2)13-20(12-16)18-7-6-8-19(14-18)22-15-21(9-10-24-22)23(3,4)5;1-2-6-17-14(5-1)8-9-15-10-11-16(13-18(15)17)19-7-3-4-12-20-19;/h6-15H,1-5H3;1-10,12-14,17H;/q;-1;. The minimum Gasteiger partial charge on any atom is -0.305 e. The van der Waals surface area contributed by atoms with E-state index in [1.165, 1.54) is 38.9 Å². The summed E-state index contributed by atoms with van der Waals surface area (Å²) in [6.07, 6.45) is 17.1. The molecule has 3 heteroatoms. The predicted molar refractivity (Wildman–Crippen MR) is 185 cm³/mol. The third-order valence-corrected chi connectivity index (χ3v) is 8.33. The molecular weight excluding hydrogens is 725 g/mol. The van der Waals surface area contributed by atoms with E-state index in [1.54, 1.807) is 0 Å². The Bertz CT molecular complexity index is 1860. The Balaban J connectivity index is 0.000000176. The normalized spacial score (nSPS) is 16.1. The van der Waals surface area contributed by atoms with Crippen molar-refractivity contribution in [2.45, 2.75) is 46.0 Å². The summed E-state index contributed by atoms with van der Waals surface area (Å²) in [4.78, 5) is 9.01. The Morgan fingerprint density at radius 2 is 1.42 bits per heavy atom. The molecule has 227 valence electrons. The molecule has 0 aliphatic heterocycles. The molecule has 0 N–H and O–H groups in total. The fourth-order valence-corrected chi connectivity index (χ4v) is 6.01. The van der Waals surface area contributed by atoms with Gasteiger partial charge in [0.25, 0.3) is 0 Å². The maximum atomic E-state index is 4.59. The number of rotatable bonds is 3. The molecule has 1 radical (unpaired) electrons. The largest absolute Gasteiger partial charge is 0.305 e. The third kappa shape index (κ3) is 7.56. The molecule has 5 aromatic rings. The summed E-state index contributed by atoms with van der Waals surface area (Å²) in [5.41, 5.74) is 13.4. The van der Waals surface area contributed by atoms with Gasteiger partial charge in [-0.25, -0.2) is 0 Å². The first kappa shape index (κ1) is 32.2. The summed E-state index contributed by atoms with van der Waals surface area (Å²) in [5.74, 6) is 0.920. The molecule has 0 spiro atoms. The van der Waals surface area contributed by atoms with Gasteiger partial charge in [-0.1, -0.05) is 111 Å². The first-order valence-electron chi connectivity index (χ1n) is 15.4. The zero-order valence-electron chi connectivity index (χ0n) is 26.6. The van der Waals surface area contributed by atoms with Gasteiger partial charge in [0.05, 0.1) is 5.69 Å². The monoisotopic (exact) mass is 764 g/mol. The van der Waals surface area contributed by atoms with Crippen LogP contribution in [0.2, 0.25) is 0 Å². The average Bonchev–Trinajstić information content (AvgIpc) is 3.04. The number of pyridine rings is 2. The predicted octanol–water partition coefficient (Wildman–Crippen LogP) is 10.7. The molecule has 2 heterocycles. The van der Waals surface area contributed by atoms with Gasteiger partial charge in [0.15, 0.2) is 0 Å². The molecule has 0 saturated heterocycles. The van der Waals surface area contributed by atoms with Gasteiger partial charge in [-0.15, -0.1) is 41.0 Å². The number of allylic oxidation sites excluding steroid dienone is 5. The number of hydrogen-bond donors (Lipinski definition) is 0. The van der Waals surface area contributed by atoms with Crippen molar-refractivity contribution in [2.24, 2.45) is 5.92 Å². The number of fused-ring (bicyclic) bond motifs is 3. The van der Waals surface area contributed by atoms with E-state index in [2.05, 4.69) is 154 Å². The second-order valence-electron chi connectivity index (χ2n) is 12.8. The minimum absolute atomic E-state index is 0. The summed E-state index contributed by atoms with van der Waals surface area (Å²) in [6.45, 7) is 11.0. The summed E-state index contributed by atoms with van der Waals surface area (Å²) >= 11 is 0. The Kier molecular flexibility index (Phi) is 9.92. The van der Waals surface area contributed by atoms with Crippen molar-refractivity contribution in [3.05, 3.63) is 162 Å². The number of aryl methyl sites for hydroxylation is 2. The van der Waals surface area contributed by atoms with Crippen molar-refractivity contribution in [1.82, 2.24) is 9.97 Å². The van der Waals surface area contributed by atoms with Gasteiger partial charge < -0.3 is 4.98 Å². The second kappa shape index (κ2) is 13.9. The molecule has 0 bridgehead atoms. The molecule has 7 rings (SSSR count). The van der Waals surface area contributed by atoms with E-state index in [1.807, 2.05) is 30.6 Å². The van der Waals surface area contributed by atoms with Crippen molar-refractivity contribution in [1.29, 1.82) is 0 Å². The summed E-state index contributed by atoms with van der Waals surface area (Å²) in [7, 11) is 0. The van der Waals surface area contributed by atoms with Gasteiger partial charge in [-0.05, 0) is 71.8 Å². The molecule has 0 saturated carbocycles. The SMILES string of the molecule is Cc1cc(C)cc(-c2cccc(-c3cc(C(C)(C)C)ccn3)c2)c1.[Ir].[c-]1cc2c(cc1-c1ccccn1)C1C=CC=CC1C=C2. The van der Waals surface area contributed by atoms with Crippen LogP contribution in [0, 0.1) is 25.8 Å². The quantitative estimate of drug-likeness (QED) is 0.171. The molecular formula is C42H39IrN2-. The maximum absolute atomic E-state index is 4.59. The summed E-state index contributed by atoms with van der Waals surface area (Å²) in [6, 6.07) is 33.3. The number of nitrogens with zero attached hydrogens (tertiary/aromatic N) is 2. The van der Waals surface area contributed by atoms with Crippen molar-refractivity contribution in [3.63, 3.8) is 0 Å². The topological polar surface area (TPSA) is 25.8 Å². The molecule has 0 amide bonds. The fourth-order valence-electron chi connectivity index (χ4n) is 6.01. The van der Waals surface area contributed by atoms with E-state index in [0.717, 1.165) is 22.5 Å². The number of hydrogen-bond acceptors (Lipinski definition) is 2. The van der Waals surface area contributed by atoms with Gasteiger partial charge in [-0.3, -0.25) is 4.98 Å². The van der Waals surface area contributed by atoms with E-state index < -0.39 is 0 Å². The van der Waals surface area contributed by atoms with E-state index >= 15 is 0 Å². The van der Waals surface area contributed by atoms with Crippen LogP contribution in [-0.4, -0.2) is 9.97 Å². The second-order valence-corrected chi connectivity index (χ2v) is 12.8. The first-order chi connectivity index (χ1) is 21.2. The van der Waals surface area contributed by atoms with Crippen molar-refractivity contribution >= 4 is 6.08 Å². The van der Waals surface area contributed by atoms with Crippen LogP contribution in [0.15, 0.2) is 128 Å². The third-order valence-electron chi connectivity index (χ3n) is 8.33. The van der Waals surface area contributed by atoms with Crippen LogP contribution in [0.1, 0.15) is 54.5 Å². The van der Waals surface area contributed by atoms with Crippen LogP contribution in [-0.2, 0) is 25.5 Å². The van der Waals surface area contributed by atoms with Gasteiger partial charge in [0, 0.05) is 44.0 Å². The average molecular weight is 764 g/mol. The van der Waals surface area contributed by atoms with Gasteiger partial charge in [-0.2, -0.15) is 0 Å². The molecule has 2 aromatic heterocycles. The minimum atomic E-state index is 0. The zero-order chi connectivity index (χ0) is 30.7. The fraction of sp³-hybridized carbons (Fsp3) is 0.190. The molecule has 2 unspecified atom stereocenters. The Morgan fingerprint density at radius 1 is 0.667 bits per heavy atom. The zero-order valence-corrected chi connectivity index (χ0v) is 29.0. The van der Waals surface area contributed by atoms with E-state index in [9.17, 15) is 0 Å². The van der Waals surface area contributed by atoms with Crippen LogP contribution in [0.4, 0.5) is 0 Å². The molecule has 2 atom stereocenters. The molecule has 45 heavy (non-hydrogen) atoms. The summed E-state index contributed by atoms with van der Waals surface area (Å²) in [5, 5.41) is 0. The van der Waals surface area contributed by atoms with Crippen LogP contribution >= 0.6 is 0 Å². The smallest absolute Gasteiger partial charge is 0.0705 e. The van der Waals surface area contributed by atoms with Crippen molar-refractivity contribution in [2.75, 3.05) is 0 Å². The van der Waals surface area contributed by atoms with Crippen molar-refractivity contribution < 1.29 is 20.1 Å². The maximum Gasteiger partial charge on any atom is 0.0705 e.